The van der Waals surface area contributed by atoms with E-state index < -0.39 is 5.97 Å². The molecule has 0 unspecified atom stereocenters. The Morgan fingerprint density at radius 3 is 2.40 bits per heavy atom. The number of benzene rings is 1. The maximum atomic E-state index is 10.6. The van der Waals surface area contributed by atoms with Gasteiger partial charge in [0, 0.05) is 6.92 Å². The molecule has 0 aliphatic carbocycles. The molecule has 0 spiro atoms. The summed E-state index contributed by atoms with van der Waals surface area (Å²) in [7, 11) is 0. The molecule has 0 saturated heterocycles. The van der Waals surface area contributed by atoms with Crippen LogP contribution in [0.2, 0.25) is 5.02 Å². The summed E-state index contributed by atoms with van der Waals surface area (Å²) in [5.74, 6) is -0.364. The largest absolute Gasteiger partial charge is 0.506 e. The van der Waals surface area contributed by atoms with Crippen molar-refractivity contribution >= 4 is 17.6 Å². The topological polar surface area (TPSA) is 46.5 Å². The Morgan fingerprint density at radius 2 is 1.93 bits per heavy atom. The van der Waals surface area contributed by atoms with Crippen LogP contribution in [0.3, 0.4) is 0 Å². The monoisotopic (exact) mass is 230 g/mol. The number of carbonyl (C=O) groups excluding carboxylic acids is 1. The maximum Gasteiger partial charge on any atom is 0.308 e. The van der Waals surface area contributed by atoms with E-state index in [4.69, 9.17) is 16.3 Å². The van der Waals surface area contributed by atoms with E-state index in [0.29, 0.717) is 0 Å². The molecule has 84 valence electrons. The van der Waals surface area contributed by atoms with E-state index >= 15 is 0 Å². The fourth-order valence-electron chi connectivity index (χ4n) is 0.946. The molecule has 15 heavy (non-hydrogen) atoms. The minimum Gasteiger partial charge on any atom is -0.506 e. The standard InChI is InChI=1S/C9H9ClO3.C2H6/c1-5-3-7(12)9(10)8(4-5)13-6(2)11;1-2/h3-4,12H,1-2H3;1-2H3. The maximum absolute atomic E-state index is 10.6. The molecule has 1 N–H and O–H groups in total. The fraction of sp³-hybridized carbons (Fsp3) is 0.364. The van der Waals surface area contributed by atoms with Gasteiger partial charge in [0.05, 0.1) is 0 Å². The summed E-state index contributed by atoms with van der Waals surface area (Å²) in [5.41, 5.74) is 0.776. The number of aryl methyl sites for hydroxylation is 1. The minimum atomic E-state index is -0.466. The second kappa shape index (κ2) is 6.30. The molecule has 3 nitrogen and oxygen atoms in total. The van der Waals surface area contributed by atoms with Gasteiger partial charge in [-0.1, -0.05) is 25.4 Å². The van der Waals surface area contributed by atoms with E-state index in [-0.39, 0.29) is 16.5 Å². The van der Waals surface area contributed by atoms with Crippen LogP contribution in [0.25, 0.3) is 0 Å². The average Bonchev–Trinajstić information content (AvgIpc) is 2.16. The van der Waals surface area contributed by atoms with Gasteiger partial charge in [0.15, 0.2) is 5.75 Å². The Hall–Kier alpha value is -1.22. The number of hydrogen-bond acceptors (Lipinski definition) is 3. The molecule has 0 atom stereocenters. The number of phenolic OH excluding ortho intramolecular Hbond substituents is 1. The van der Waals surface area contributed by atoms with Crippen molar-refractivity contribution in [1.29, 1.82) is 0 Å². The van der Waals surface area contributed by atoms with Gasteiger partial charge in [0.1, 0.15) is 10.8 Å². The number of aromatic hydroxyl groups is 1. The van der Waals surface area contributed by atoms with Crippen LogP contribution in [-0.4, -0.2) is 11.1 Å². The lowest BCUT2D eigenvalue weighted by atomic mass is 10.2. The lowest BCUT2D eigenvalue weighted by molar-refractivity contribution is -0.131. The first kappa shape index (κ1) is 13.8. The Labute approximate surface area is 94.6 Å². The highest BCUT2D eigenvalue weighted by molar-refractivity contribution is 6.33. The predicted molar refractivity (Wildman–Crippen MR) is 60.5 cm³/mol. The van der Waals surface area contributed by atoms with Crippen molar-refractivity contribution in [2.75, 3.05) is 0 Å². The summed E-state index contributed by atoms with van der Waals surface area (Å²) in [5, 5.41) is 9.33. The van der Waals surface area contributed by atoms with Crippen molar-refractivity contribution in [3.63, 3.8) is 0 Å². The number of carbonyl (C=O) groups is 1. The van der Waals surface area contributed by atoms with E-state index in [1.54, 1.807) is 13.0 Å². The molecule has 1 aromatic carbocycles. The third-order valence-electron chi connectivity index (χ3n) is 1.42. The van der Waals surface area contributed by atoms with Gasteiger partial charge in [-0.3, -0.25) is 4.79 Å². The van der Waals surface area contributed by atoms with Gasteiger partial charge in [-0.15, -0.1) is 0 Å². The van der Waals surface area contributed by atoms with Crippen molar-refractivity contribution in [3.8, 4) is 11.5 Å². The summed E-state index contributed by atoms with van der Waals surface area (Å²) >= 11 is 5.68. The second-order valence-electron chi connectivity index (χ2n) is 2.69. The summed E-state index contributed by atoms with van der Waals surface area (Å²) in [6, 6.07) is 3.08. The first-order chi connectivity index (χ1) is 7.00. The van der Waals surface area contributed by atoms with Gasteiger partial charge >= 0.3 is 5.97 Å². The molecule has 0 fully saturated rings. The Kier molecular flexibility index (Phi) is 5.79. The van der Waals surface area contributed by atoms with Crippen LogP contribution in [0.5, 0.6) is 11.5 Å². The third kappa shape index (κ3) is 4.21. The van der Waals surface area contributed by atoms with Crippen LogP contribution in [0, 0.1) is 6.92 Å². The van der Waals surface area contributed by atoms with Gasteiger partial charge in [0.25, 0.3) is 0 Å². The van der Waals surface area contributed by atoms with Gasteiger partial charge in [-0.05, 0) is 24.6 Å². The molecule has 1 rings (SSSR count). The molecule has 4 heteroatoms. The van der Waals surface area contributed by atoms with Crippen molar-refractivity contribution in [1.82, 2.24) is 0 Å². The zero-order valence-electron chi connectivity index (χ0n) is 9.30. The van der Waals surface area contributed by atoms with Crippen LogP contribution in [0.4, 0.5) is 0 Å². The Bertz CT molecular complexity index is 348. The van der Waals surface area contributed by atoms with Crippen molar-refractivity contribution in [2.45, 2.75) is 27.7 Å². The number of hydrogen-bond donors (Lipinski definition) is 1. The molecule has 0 aliphatic rings. The average molecular weight is 231 g/mol. The number of phenols is 1. The second-order valence-corrected chi connectivity index (χ2v) is 3.07. The number of rotatable bonds is 1. The third-order valence-corrected chi connectivity index (χ3v) is 1.80. The quantitative estimate of drug-likeness (QED) is 0.595. The minimum absolute atomic E-state index is 0.0563. The molecule has 1 aromatic rings. The van der Waals surface area contributed by atoms with Crippen LogP contribution in [-0.2, 0) is 4.79 Å². The molecule has 0 aliphatic heterocycles. The van der Waals surface area contributed by atoms with Gasteiger partial charge < -0.3 is 9.84 Å². The molecule has 0 aromatic heterocycles. The van der Waals surface area contributed by atoms with Gasteiger partial charge in [-0.2, -0.15) is 0 Å². The van der Waals surface area contributed by atoms with Crippen molar-refractivity contribution in [2.24, 2.45) is 0 Å². The highest BCUT2D eigenvalue weighted by atomic mass is 35.5. The zero-order chi connectivity index (χ0) is 12.0. The summed E-state index contributed by atoms with van der Waals surface area (Å²) in [6.45, 7) is 7.04. The lowest BCUT2D eigenvalue weighted by Gasteiger charge is -2.06. The van der Waals surface area contributed by atoms with E-state index in [1.165, 1.54) is 13.0 Å². The van der Waals surface area contributed by atoms with Crippen molar-refractivity contribution in [3.05, 3.63) is 22.7 Å². The highest BCUT2D eigenvalue weighted by Crippen LogP contribution is 2.34. The SMILES string of the molecule is CC.CC(=O)Oc1cc(C)cc(O)c1Cl. The zero-order valence-corrected chi connectivity index (χ0v) is 10.1. The number of halogens is 1. The number of ether oxygens (including phenoxy) is 1. The van der Waals surface area contributed by atoms with Crippen LogP contribution < -0.4 is 4.74 Å². The Morgan fingerprint density at radius 1 is 1.40 bits per heavy atom. The highest BCUT2D eigenvalue weighted by Gasteiger charge is 2.09. The molecule has 0 saturated carbocycles. The normalized spacial score (nSPS) is 8.87. The first-order valence-corrected chi connectivity index (χ1v) is 5.06. The smallest absolute Gasteiger partial charge is 0.308 e. The fourth-order valence-corrected chi connectivity index (χ4v) is 1.09. The van der Waals surface area contributed by atoms with E-state index in [9.17, 15) is 9.90 Å². The van der Waals surface area contributed by atoms with E-state index in [0.717, 1.165) is 5.56 Å². The molecular formula is C11H15ClO3. The van der Waals surface area contributed by atoms with Crippen molar-refractivity contribution < 1.29 is 14.6 Å². The van der Waals surface area contributed by atoms with E-state index in [2.05, 4.69) is 0 Å². The summed E-state index contributed by atoms with van der Waals surface area (Å²) in [4.78, 5) is 10.6. The van der Waals surface area contributed by atoms with E-state index in [1.807, 2.05) is 13.8 Å². The van der Waals surface area contributed by atoms with Crippen LogP contribution >= 0.6 is 11.6 Å². The van der Waals surface area contributed by atoms with Crippen LogP contribution in [0.1, 0.15) is 26.3 Å². The summed E-state index contributed by atoms with van der Waals surface area (Å²) < 4.78 is 4.78. The molecule has 0 heterocycles. The predicted octanol–water partition coefficient (Wildman–Crippen LogP) is 3.31. The molecule has 0 bridgehead atoms. The van der Waals surface area contributed by atoms with Gasteiger partial charge in [0.2, 0.25) is 0 Å². The first-order valence-electron chi connectivity index (χ1n) is 4.68. The molecule has 0 radical (unpaired) electrons. The van der Waals surface area contributed by atoms with Crippen LogP contribution in [0.15, 0.2) is 12.1 Å². The number of esters is 1. The Balaban J connectivity index is 0.000000921. The molecular weight excluding hydrogens is 216 g/mol. The molecule has 0 amide bonds. The van der Waals surface area contributed by atoms with Gasteiger partial charge in [-0.25, -0.2) is 0 Å². The lowest BCUT2D eigenvalue weighted by Crippen LogP contribution is -2.02. The summed E-state index contributed by atoms with van der Waals surface area (Å²) in [6.07, 6.45) is 0.